The van der Waals surface area contributed by atoms with E-state index in [1.54, 1.807) is 6.20 Å². The molecule has 1 aromatic heterocycles. The fourth-order valence-electron chi connectivity index (χ4n) is 4.96. The predicted molar refractivity (Wildman–Crippen MR) is 105 cm³/mol. The SMILES string of the molecule is CC(C)(CN1C[C@H]2CC[C@@H]1CN(C(=O)c1ccccn1)C2)N1CCOCC1. The molecule has 1 aromatic rings. The zero-order chi connectivity index (χ0) is 18.9. The summed E-state index contributed by atoms with van der Waals surface area (Å²) in [6.45, 7) is 12.2. The lowest BCUT2D eigenvalue weighted by Gasteiger charge is -2.46. The van der Waals surface area contributed by atoms with E-state index in [1.807, 2.05) is 23.1 Å². The van der Waals surface area contributed by atoms with E-state index in [0.29, 0.717) is 17.7 Å². The quantitative estimate of drug-likeness (QED) is 0.806. The van der Waals surface area contributed by atoms with Crippen molar-refractivity contribution in [2.24, 2.45) is 5.92 Å². The van der Waals surface area contributed by atoms with Gasteiger partial charge >= 0.3 is 0 Å². The number of morpholine rings is 1. The molecule has 27 heavy (non-hydrogen) atoms. The Morgan fingerprint density at radius 2 is 2.00 bits per heavy atom. The highest BCUT2D eigenvalue weighted by molar-refractivity contribution is 5.92. The smallest absolute Gasteiger partial charge is 0.272 e. The average Bonchev–Trinajstić information content (AvgIpc) is 3.00. The second-order valence-electron chi connectivity index (χ2n) is 8.86. The maximum absolute atomic E-state index is 12.9. The summed E-state index contributed by atoms with van der Waals surface area (Å²) in [7, 11) is 0. The Labute approximate surface area is 162 Å². The van der Waals surface area contributed by atoms with Crippen LogP contribution in [0, 0.1) is 5.92 Å². The highest BCUT2D eigenvalue weighted by atomic mass is 16.5. The molecule has 0 N–H and O–H groups in total. The number of piperidine rings is 1. The molecule has 0 spiro atoms. The minimum absolute atomic E-state index is 0.0850. The summed E-state index contributed by atoms with van der Waals surface area (Å²) in [6.07, 6.45) is 4.12. The predicted octanol–water partition coefficient (Wildman–Crippen LogP) is 1.73. The van der Waals surface area contributed by atoms with Crippen LogP contribution in [0.2, 0.25) is 0 Å². The van der Waals surface area contributed by atoms with E-state index in [-0.39, 0.29) is 11.4 Å². The lowest BCUT2D eigenvalue weighted by molar-refractivity contribution is -0.0309. The molecular weight excluding hydrogens is 340 g/mol. The van der Waals surface area contributed by atoms with Crippen molar-refractivity contribution in [1.29, 1.82) is 0 Å². The lowest BCUT2D eigenvalue weighted by atomic mass is 9.92. The maximum Gasteiger partial charge on any atom is 0.272 e. The summed E-state index contributed by atoms with van der Waals surface area (Å²) < 4.78 is 5.53. The Bertz CT molecular complexity index is 645. The first-order chi connectivity index (χ1) is 13.0. The Morgan fingerprint density at radius 3 is 2.74 bits per heavy atom. The van der Waals surface area contributed by atoms with Gasteiger partial charge in [0.15, 0.2) is 0 Å². The molecule has 4 aliphatic heterocycles. The maximum atomic E-state index is 12.9. The summed E-state index contributed by atoms with van der Waals surface area (Å²) >= 11 is 0. The highest BCUT2D eigenvalue weighted by Crippen LogP contribution is 2.31. The van der Waals surface area contributed by atoms with Crippen LogP contribution in [0.1, 0.15) is 37.2 Å². The Kier molecular flexibility index (Phi) is 5.48. The molecule has 6 nitrogen and oxygen atoms in total. The standard InChI is InChI=1S/C21H32N4O2/c1-21(2,25-9-11-27-12-10-25)16-24-14-17-6-7-18(24)15-23(13-17)20(26)19-5-3-4-8-22-19/h3-5,8,17-18H,6-7,9-16H2,1-2H3/t17-,18+/m0/s1. The van der Waals surface area contributed by atoms with Crippen molar-refractivity contribution in [2.75, 3.05) is 52.5 Å². The molecule has 5 heterocycles. The fraction of sp³-hybridized carbons (Fsp3) is 0.714. The number of aromatic nitrogens is 1. The van der Waals surface area contributed by atoms with Gasteiger partial charge < -0.3 is 9.64 Å². The molecule has 2 atom stereocenters. The molecule has 4 saturated heterocycles. The van der Waals surface area contributed by atoms with Crippen molar-refractivity contribution in [3.05, 3.63) is 30.1 Å². The number of rotatable bonds is 4. The van der Waals surface area contributed by atoms with Crippen LogP contribution in [-0.4, -0.2) is 89.7 Å². The highest BCUT2D eigenvalue weighted by Gasteiger charge is 2.40. The van der Waals surface area contributed by atoms with Gasteiger partial charge in [-0.1, -0.05) is 6.07 Å². The van der Waals surface area contributed by atoms with E-state index in [0.717, 1.165) is 52.5 Å². The van der Waals surface area contributed by atoms with Crippen LogP contribution in [0.4, 0.5) is 0 Å². The van der Waals surface area contributed by atoms with Crippen LogP contribution in [0.3, 0.4) is 0 Å². The van der Waals surface area contributed by atoms with E-state index in [9.17, 15) is 4.79 Å². The van der Waals surface area contributed by atoms with E-state index < -0.39 is 0 Å². The van der Waals surface area contributed by atoms with E-state index >= 15 is 0 Å². The van der Waals surface area contributed by atoms with Crippen LogP contribution in [0.25, 0.3) is 0 Å². The molecular formula is C21H32N4O2. The van der Waals surface area contributed by atoms with Crippen molar-refractivity contribution in [2.45, 2.75) is 38.3 Å². The van der Waals surface area contributed by atoms with Gasteiger partial charge in [-0.05, 0) is 44.7 Å². The zero-order valence-corrected chi connectivity index (χ0v) is 16.6. The third-order valence-electron chi connectivity index (χ3n) is 6.46. The number of fused-ring (bicyclic) bond motifs is 4. The van der Waals surface area contributed by atoms with Crippen molar-refractivity contribution in [3.63, 3.8) is 0 Å². The Morgan fingerprint density at radius 1 is 1.19 bits per heavy atom. The summed E-state index contributed by atoms with van der Waals surface area (Å²) in [5.74, 6) is 0.652. The number of amides is 1. The number of hydrogen-bond acceptors (Lipinski definition) is 5. The van der Waals surface area contributed by atoms with Gasteiger partial charge in [0.1, 0.15) is 5.69 Å². The van der Waals surface area contributed by atoms with Gasteiger partial charge in [0, 0.05) is 57.0 Å². The molecule has 0 aromatic carbocycles. The Balaban J connectivity index is 1.44. The third-order valence-corrected chi connectivity index (χ3v) is 6.46. The van der Waals surface area contributed by atoms with Crippen LogP contribution in [0.15, 0.2) is 24.4 Å². The number of ether oxygens (including phenoxy) is 1. The van der Waals surface area contributed by atoms with Gasteiger partial charge in [-0.3, -0.25) is 19.6 Å². The molecule has 2 bridgehead atoms. The topological polar surface area (TPSA) is 48.9 Å². The first kappa shape index (κ1) is 18.8. The molecule has 0 aliphatic carbocycles. The van der Waals surface area contributed by atoms with Crippen LogP contribution in [-0.2, 0) is 4.74 Å². The number of pyridine rings is 1. The largest absolute Gasteiger partial charge is 0.379 e. The normalized spacial score (nSPS) is 27.6. The van der Waals surface area contributed by atoms with E-state index in [2.05, 4.69) is 28.6 Å². The number of carbonyl (C=O) groups is 1. The van der Waals surface area contributed by atoms with Crippen molar-refractivity contribution < 1.29 is 9.53 Å². The second kappa shape index (κ2) is 7.86. The van der Waals surface area contributed by atoms with Gasteiger partial charge in [0.05, 0.1) is 13.2 Å². The molecule has 6 heteroatoms. The molecule has 5 rings (SSSR count). The summed E-state index contributed by atoms with van der Waals surface area (Å²) in [4.78, 5) is 24.5. The molecule has 4 fully saturated rings. The summed E-state index contributed by atoms with van der Waals surface area (Å²) in [6, 6.07) is 6.04. The van der Waals surface area contributed by atoms with E-state index in [1.165, 1.54) is 12.8 Å². The minimum Gasteiger partial charge on any atom is -0.379 e. The summed E-state index contributed by atoms with van der Waals surface area (Å²) in [5.41, 5.74) is 0.698. The van der Waals surface area contributed by atoms with Crippen LogP contribution < -0.4 is 0 Å². The molecule has 0 unspecified atom stereocenters. The van der Waals surface area contributed by atoms with Crippen LogP contribution in [0.5, 0.6) is 0 Å². The van der Waals surface area contributed by atoms with Crippen molar-refractivity contribution >= 4 is 5.91 Å². The Hall–Kier alpha value is -1.50. The van der Waals surface area contributed by atoms with Crippen LogP contribution >= 0.6 is 0 Å². The average molecular weight is 373 g/mol. The fourth-order valence-corrected chi connectivity index (χ4v) is 4.96. The first-order valence-electron chi connectivity index (χ1n) is 10.3. The molecule has 0 saturated carbocycles. The number of nitrogens with zero attached hydrogens (tertiary/aromatic N) is 4. The van der Waals surface area contributed by atoms with Gasteiger partial charge in [-0.2, -0.15) is 0 Å². The number of hydrogen-bond donors (Lipinski definition) is 0. The third kappa shape index (κ3) is 4.18. The monoisotopic (exact) mass is 372 g/mol. The van der Waals surface area contributed by atoms with Crippen molar-refractivity contribution in [3.8, 4) is 0 Å². The molecule has 148 valence electrons. The number of carbonyl (C=O) groups excluding carboxylic acids is 1. The van der Waals surface area contributed by atoms with Gasteiger partial charge in [0.25, 0.3) is 5.91 Å². The zero-order valence-electron chi connectivity index (χ0n) is 16.6. The lowest BCUT2D eigenvalue weighted by Crippen LogP contribution is -2.58. The molecule has 1 amide bonds. The molecule has 4 aliphatic rings. The molecule has 0 radical (unpaired) electrons. The first-order valence-corrected chi connectivity index (χ1v) is 10.3. The summed E-state index contributed by atoms with van der Waals surface area (Å²) in [5, 5.41) is 0. The van der Waals surface area contributed by atoms with Gasteiger partial charge in [-0.15, -0.1) is 0 Å². The van der Waals surface area contributed by atoms with Gasteiger partial charge in [-0.25, -0.2) is 0 Å². The van der Waals surface area contributed by atoms with Crippen molar-refractivity contribution in [1.82, 2.24) is 19.7 Å². The van der Waals surface area contributed by atoms with Gasteiger partial charge in [0.2, 0.25) is 0 Å². The van der Waals surface area contributed by atoms with E-state index in [4.69, 9.17) is 4.74 Å². The second-order valence-corrected chi connectivity index (χ2v) is 8.86. The minimum atomic E-state index is 0.0850.